The van der Waals surface area contributed by atoms with Gasteiger partial charge in [0.25, 0.3) is 5.91 Å². The molecule has 1 amide bonds. The van der Waals surface area contributed by atoms with E-state index in [4.69, 9.17) is 26.8 Å². The lowest BCUT2D eigenvalue weighted by Crippen LogP contribution is -2.30. The van der Waals surface area contributed by atoms with Crippen molar-refractivity contribution in [2.45, 2.75) is 19.8 Å². The number of thioether (sulfide) groups is 1. The van der Waals surface area contributed by atoms with Crippen molar-refractivity contribution in [3.05, 3.63) is 64.6 Å². The van der Waals surface area contributed by atoms with E-state index in [2.05, 4.69) is 0 Å². The molecule has 0 spiro atoms. The first-order valence-corrected chi connectivity index (χ1v) is 11.1. The second-order valence-electron chi connectivity index (χ2n) is 6.70. The lowest BCUT2D eigenvalue weighted by molar-refractivity contribution is -0.137. The normalized spacial score (nSPS) is 14.9. The lowest BCUT2D eigenvalue weighted by Gasteiger charge is -2.14. The molecule has 2 aromatic rings. The number of amides is 1. The number of nitrogens with zero attached hydrogens (tertiary/aromatic N) is 1. The molecule has 1 saturated heterocycles. The van der Waals surface area contributed by atoms with Gasteiger partial charge in [0.05, 0.1) is 24.5 Å². The zero-order valence-corrected chi connectivity index (χ0v) is 18.7. The second-order valence-corrected chi connectivity index (χ2v) is 8.38. The maximum atomic E-state index is 12.9. The quantitative estimate of drug-likeness (QED) is 0.419. The largest absolute Gasteiger partial charge is 0.490 e. The maximum Gasteiger partial charge on any atom is 0.306 e. The van der Waals surface area contributed by atoms with Crippen LogP contribution in [0.5, 0.6) is 11.5 Å². The van der Waals surface area contributed by atoms with E-state index < -0.39 is 5.97 Å². The highest BCUT2D eigenvalue weighted by Crippen LogP contribution is 2.35. The van der Waals surface area contributed by atoms with Crippen molar-refractivity contribution in [1.29, 1.82) is 0 Å². The van der Waals surface area contributed by atoms with Crippen LogP contribution in [-0.2, 0) is 16.0 Å². The fourth-order valence-electron chi connectivity index (χ4n) is 2.98. The molecular formula is C23H23NO5S2. The summed E-state index contributed by atoms with van der Waals surface area (Å²) in [5.41, 5.74) is 1.93. The summed E-state index contributed by atoms with van der Waals surface area (Å²) >= 11 is 6.70. The first kappa shape index (κ1) is 22.8. The van der Waals surface area contributed by atoms with Gasteiger partial charge in [-0.3, -0.25) is 14.5 Å². The highest BCUT2D eigenvalue weighted by atomic mass is 32.2. The first-order valence-electron chi connectivity index (χ1n) is 9.88. The SMILES string of the molecule is CCOc1cc(/C=C2/SC(=S)N(CCc3ccccc3)C2=O)ccc1OCCC(=O)O. The minimum Gasteiger partial charge on any atom is -0.490 e. The van der Waals surface area contributed by atoms with E-state index in [0.29, 0.717) is 33.9 Å². The number of rotatable bonds is 10. The summed E-state index contributed by atoms with van der Waals surface area (Å²) in [7, 11) is 0. The Morgan fingerprint density at radius 3 is 2.65 bits per heavy atom. The minimum atomic E-state index is -0.927. The maximum absolute atomic E-state index is 12.9. The molecule has 1 fully saturated rings. The highest BCUT2D eigenvalue weighted by Gasteiger charge is 2.31. The van der Waals surface area contributed by atoms with Crippen molar-refractivity contribution in [3.8, 4) is 11.5 Å². The third-order valence-corrected chi connectivity index (χ3v) is 5.86. The lowest BCUT2D eigenvalue weighted by atomic mass is 10.1. The van der Waals surface area contributed by atoms with Gasteiger partial charge in [0.2, 0.25) is 0 Å². The number of benzene rings is 2. The van der Waals surface area contributed by atoms with E-state index in [1.165, 1.54) is 11.8 Å². The third kappa shape index (κ3) is 6.32. The molecule has 6 nitrogen and oxygen atoms in total. The number of aliphatic carboxylic acids is 1. The number of carboxylic acid groups (broad SMARTS) is 1. The van der Waals surface area contributed by atoms with Crippen LogP contribution in [0.4, 0.5) is 0 Å². The Balaban J connectivity index is 1.71. The second kappa shape index (κ2) is 11.0. The van der Waals surface area contributed by atoms with Gasteiger partial charge >= 0.3 is 5.97 Å². The topological polar surface area (TPSA) is 76.1 Å². The summed E-state index contributed by atoms with van der Waals surface area (Å²) in [6, 6.07) is 15.3. The molecule has 1 N–H and O–H groups in total. The number of carbonyl (C=O) groups is 2. The van der Waals surface area contributed by atoms with Gasteiger partial charge in [0.1, 0.15) is 4.32 Å². The molecule has 0 unspecified atom stereocenters. The molecule has 8 heteroatoms. The first-order chi connectivity index (χ1) is 15.0. The number of carbonyl (C=O) groups excluding carboxylic acids is 1. The standard InChI is InChI=1S/C23H23NO5S2/c1-2-28-19-14-17(8-9-18(19)29-13-11-21(25)26)15-20-22(27)24(23(30)31-20)12-10-16-6-4-3-5-7-16/h3-9,14-15H,2,10-13H2,1H3,(H,25,26)/b20-15+. The van der Waals surface area contributed by atoms with Crippen LogP contribution in [0.3, 0.4) is 0 Å². The molecule has 31 heavy (non-hydrogen) atoms. The zero-order valence-electron chi connectivity index (χ0n) is 17.1. The van der Waals surface area contributed by atoms with Crippen molar-refractivity contribution in [3.63, 3.8) is 0 Å². The molecule has 1 aliphatic rings. The molecular weight excluding hydrogens is 434 g/mol. The molecule has 2 aromatic carbocycles. The Morgan fingerprint density at radius 1 is 1.16 bits per heavy atom. The van der Waals surface area contributed by atoms with Crippen LogP contribution in [0.1, 0.15) is 24.5 Å². The number of hydrogen-bond acceptors (Lipinski definition) is 6. The van der Waals surface area contributed by atoms with E-state index in [-0.39, 0.29) is 18.9 Å². The molecule has 3 rings (SSSR count). The summed E-state index contributed by atoms with van der Waals surface area (Å²) in [5, 5.41) is 8.77. The Labute approximate surface area is 190 Å². The van der Waals surface area contributed by atoms with Gasteiger partial charge in [-0.15, -0.1) is 0 Å². The van der Waals surface area contributed by atoms with Crippen LogP contribution in [0.2, 0.25) is 0 Å². The van der Waals surface area contributed by atoms with E-state index >= 15 is 0 Å². The van der Waals surface area contributed by atoms with Gasteiger partial charge < -0.3 is 14.6 Å². The fraction of sp³-hybridized carbons (Fsp3) is 0.261. The van der Waals surface area contributed by atoms with Crippen LogP contribution in [0.25, 0.3) is 6.08 Å². The van der Waals surface area contributed by atoms with Gasteiger partial charge in [-0.2, -0.15) is 0 Å². The number of carboxylic acids is 1. The average molecular weight is 458 g/mol. The predicted octanol–water partition coefficient (Wildman–Crippen LogP) is 4.38. The summed E-state index contributed by atoms with van der Waals surface area (Å²) in [5.74, 6) is -0.0635. The van der Waals surface area contributed by atoms with E-state index in [0.717, 1.165) is 17.5 Å². The van der Waals surface area contributed by atoms with E-state index in [9.17, 15) is 9.59 Å². The van der Waals surface area contributed by atoms with Gasteiger partial charge in [-0.05, 0) is 42.7 Å². The van der Waals surface area contributed by atoms with Crippen LogP contribution in [-0.4, -0.2) is 46.0 Å². The van der Waals surface area contributed by atoms with Gasteiger partial charge in [-0.1, -0.05) is 60.4 Å². The van der Waals surface area contributed by atoms with Crippen LogP contribution in [0, 0.1) is 0 Å². The van der Waals surface area contributed by atoms with Gasteiger partial charge in [0, 0.05) is 6.54 Å². The van der Waals surface area contributed by atoms with Gasteiger partial charge in [-0.25, -0.2) is 0 Å². The average Bonchev–Trinajstić information content (AvgIpc) is 3.01. The Bertz CT molecular complexity index is 991. The molecule has 0 aliphatic carbocycles. The van der Waals surface area contributed by atoms with E-state index in [1.54, 1.807) is 29.2 Å². The third-order valence-electron chi connectivity index (χ3n) is 4.48. The zero-order chi connectivity index (χ0) is 22.2. The molecule has 0 atom stereocenters. The molecule has 1 aliphatic heterocycles. The number of hydrogen-bond donors (Lipinski definition) is 1. The summed E-state index contributed by atoms with van der Waals surface area (Å²) in [6.07, 6.45) is 2.42. The van der Waals surface area contributed by atoms with E-state index in [1.807, 2.05) is 37.3 Å². The van der Waals surface area contributed by atoms with Crippen molar-refractivity contribution >= 4 is 46.3 Å². The van der Waals surface area contributed by atoms with Crippen molar-refractivity contribution < 1.29 is 24.2 Å². The van der Waals surface area contributed by atoms with Crippen molar-refractivity contribution in [1.82, 2.24) is 4.90 Å². The fourth-order valence-corrected chi connectivity index (χ4v) is 4.29. The Hall–Kier alpha value is -2.84. The number of ether oxygens (including phenoxy) is 2. The van der Waals surface area contributed by atoms with Crippen LogP contribution in [0.15, 0.2) is 53.4 Å². The molecule has 0 aromatic heterocycles. The molecule has 0 saturated carbocycles. The van der Waals surface area contributed by atoms with Crippen LogP contribution < -0.4 is 9.47 Å². The summed E-state index contributed by atoms with van der Waals surface area (Å²) in [6.45, 7) is 2.87. The predicted molar refractivity (Wildman–Crippen MR) is 125 cm³/mol. The number of thiocarbonyl (C=S) groups is 1. The molecule has 162 valence electrons. The smallest absolute Gasteiger partial charge is 0.306 e. The minimum absolute atomic E-state index is 0.0504. The van der Waals surface area contributed by atoms with Crippen molar-refractivity contribution in [2.75, 3.05) is 19.8 Å². The summed E-state index contributed by atoms with van der Waals surface area (Å²) < 4.78 is 11.7. The monoisotopic (exact) mass is 457 g/mol. The Morgan fingerprint density at radius 2 is 1.94 bits per heavy atom. The highest BCUT2D eigenvalue weighted by molar-refractivity contribution is 8.26. The Kier molecular flexibility index (Phi) is 8.08. The van der Waals surface area contributed by atoms with Crippen LogP contribution >= 0.6 is 24.0 Å². The van der Waals surface area contributed by atoms with Crippen molar-refractivity contribution in [2.24, 2.45) is 0 Å². The van der Waals surface area contributed by atoms with Gasteiger partial charge in [0.15, 0.2) is 11.5 Å². The summed E-state index contributed by atoms with van der Waals surface area (Å²) in [4.78, 5) is 25.7. The molecule has 0 radical (unpaired) electrons. The molecule has 0 bridgehead atoms. The molecule has 1 heterocycles.